The Labute approximate surface area is 116 Å². The van der Waals surface area contributed by atoms with Crippen molar-refractivity contribution in [1.82, 2.24) is 9.88 Å². The monoisotopic (exact) mass is 285 g/mol. The molecule has 0 aliphatic carbocycles. The van der Waals surface area contributed by atoms with Crippen LogP contribution in [0.1, 0.15) is 39.9 Å². The SMILES string of the molecule is CC(=O)c1sc(NCCCCN(C)C)nc1C(=O)O. The van der Waals surface area contributed by atoms with E-state index in [9.17, 15) is 9.59 Å². The van der Waals surface area contributed by atoms with Gasteiger partial charge in [0.1, 0.15) is 4.88 Å². The van der Waals surface area contributed by atoms with E-state index in [1.54, 1.807) is 0 Å². The van der Waals surface area contributed by atoms with Gasteiger partial charge < -0.3 is 15.3 Å². The number of carboxylic acid groups (broad SMARTS) is 1. The summed E-state index contributed by atoms with van der Waals surface area (Å²) in [6, 6.07) is 0. The zero-order chi connectivity index (χ0) is 14.4. The number of aromatic nitrogens is 1. The number of thiazole rings is 1. The summed E-state index contributed by atoms with van der Waals surface area (Å²) in [4.78, 5) is 28.5. The molecule has 1 heterocycles. The summed E-state index contributed by atoms with van der Waals surface area (Å²) in [5.41, 5.74) is -0.159. The molecule has 0 spiro atoms. The topological polar surface area (TPSA) is 82.5 Å². The minimum Gasteiger partial charge on any atom is -0.476 e. The van der Waals surface area contributed by atoms with Crippen molar-refractivity contribution in [2.24, 2.45) is 0 Å². The Hall–Kier alpha value is -1.47. The van der Waals surface area contributed by atoms with Crippen LogP contribution >= 0.6 is 11.3 Å². The number of anilines is 1. The predicted molar refractivity (Wildman–Crippen MR) is 75.4 cm³/mol. The Kier molecular flexibility index (Phi) is 5.91. The fourth-order valence-corrected chi connectivity index (χ4v) is 2.41. The van der Waals surface area contributed by atoms with E-state index in [0.717, 1.165) is 37.3 Å². The molecular weight excluding hydrogens is 266 g/mol. The fraction of sp³-hybridized carbons (Fsp3) is 0.583. The van der Waals surface area contributed by atoms with Gasteiger partial charge in [-0.25, -0.2) is 9.78 Å². The number of carbonyl (C=O) groups is 2. The van der Waals surface area contributed by atoms with Gasteiger partial charge in [-0.1, -0.05) is 11.3 Å². The summed E-state index contributed by atoms with van der Waals surface area (Å²) in [6.45, 7) is 3.08. The maximum absolute atomic E-state index is 11.3. The van der Waals surface area contributed by atoms with E-state index in [1.165, 1.54) is 6.92 Å². The molecule has 0 radical (unpaired) electrons. The molecule has 0 saturated carbocycles. The van der Waals surface area contributed by atoms with Crippen molar-refractivity contribution >= 4 is 28.2 Å². The van der Waals surface area contributed by atoms with Crippen molar-refractivity contribution in [2.75, 3.05) is 32.5 Å². The lowest BCUT2D eigenvalue weighted by atomic mass is 10.3. The Morgan fingerprint density at radius 3 is 2.53 bits per heavy atom. The van der Waals surface area contributed by atoms with Crippen molar-refractivity contribution in [2.45, 2.75) is 19.8 Å². The van der Waals surface area contributed by atoms with Crippen LogP contribution in [0.15, 0.2) is 0 Å². The Morgan fingerprint density at radius 1 is 1.37 bits per heavy atom. The lowest BCUT2D eigenvalue weighted by Crippen LogP contribution is -2.14. The standard InChI is InChI=1S/C12H19N3O3S/c1-8(16)10-9(11(17)18)14-12(19-10)13-6-4-5-7-15(2)3/h4-7H2,1-3H3,(H,13,14)(H,17,18). The summed E-state index contributed by atoms with van der Waals surface area (Å²) < 4.78 is 0. The van der Waals surface area contributed by atoms with Gasteiger partial charge in [-0.3, -0.25) is 4.79 Å². The fourth-order valence-electron chi connectivity index (χ4n) is 1.53. The van der Waals surface area contributed by atoms with E-state index in [1.807, 2.05) is 14.1 Å². The van der Waals surface area contributed by atoms with E-state index < -0.39 is 5.97 Å². The van der Waals surface area contributed by atoms with Crippen LogP contribution in [0.25, 0.3) is 0 Å². The van der Waals surface area contributed by atoms with Crippen molar-refractivity contribution in [3.05, 3.63) is 10.6 Å². The zero-order valence-corrected chi connectivity index (χ0v) is 12.2. The number of ketones is 1. The highest BCUT2D eigenvalue weighted by Crippen LogP contribution is 2.23. The third-order valence-corrected chi connectivity index (χ3v) is 3.57. The first-order valence-corrected chi connectivity index (χ1v) is 6.87. The maximum atomic E-state index is 11.3. The molecule has 0 unspecified atom stereocenters. The first kappa shape index (κ1) is 15.6. The van der Waals surface area contributed by atoms with Gasteiger partial charge in [0.15, 0.2) is 16.6 Å². The van der Waals surface area contributed by atoms with Gasteiger partial charge in [0, 0.05) is 13.5 Å². The van der Waals surface area contributed by atoms with Gasteiger partial charge in [-0.05, 0) is 33.5 Å². The van der Waals surface area contributed by atoms with E-state index in [4.69, 9.17) is 5.11 Å². The van der Waals surface area contributed by atoms with Crippen LogP contribution in [0, 0.1) is 0 Å². The minimum atomic E-state index is -1.16. The molecule has 0 saturated heterocycles. The number of hydrogen-bond donors (Lipinski definition) is 2. The summed E-state index contributed by atoms with van der Waals surface area (Å²) in [5, 5.41) is 12.5. The molecule has 1 rings (SSSR count). The minimum absolute atomic E-state index is 0.159. The molecule has 6 nitrogen and oxygen atoms in total. The highest BCUT2D eigenvalue weighted by molar-refractivity contribution is 7.17. The third kappa shape index (κ3) is 4.96. The second-order valence-electron chi connectivity index (χ2n) is 4.50. The van der Waals surface area contributed by atoms with Crippen molar-refractivity contribution in [3.8, 4) is 0 Å². The Bertz CT molecular complexity index is 426. The summed E-state index contributed by atoms with van der Waals surface area (Å²) in [7, 11) is 4.04. The van der Waals surface area contributed by atoms with Crippen LogP contribution in [0.4, 0.5) is 5.13 Å². The smallest absolute Gasteiger partial charge is 0.356 e. The van der Waals surface area contributed by atoms with Crippen molar-refractivity contribution in [3.63, 3.8) is 0 Å². The molecule has 0 fully saturated rings. The number of rotatable bonds is 8. The van der Waals surface area contributed by atoms with E-state index in [2.05, 4.69) is 15.2 Å². The number of carbonyl (C=O) groups excluding carboxylic acids is 1. The molecule has 0 atom stereocenters. The Balaban J connectivity index is 2.53. The van der Waals surface area contributed by atoms with Gasteiger partial charge in [-0.2, -0.15) is 0 Å². The first-order valence-electron chi connectivity index (χ1n) is 6.05. The van der Waals surface area contributed by atoms with Crippen LogP contribution in [0.2, 0.25) is 0 Å². The van der Waals surface area contributed by atoms with Crippen LogP contribution in [-0.2, 0) is 0 Å². The maximum Gasteiger partial charge on any atom is 0.356 e. The van der Waals surface area contributed by atoms with Gasteiger partial charge in [0.05, 0.1) is 0 Å². The van der Waals surface area contributed by atoms with Crippen molar-refractivity contribution < 1.29 is 14.7 Å². The molecule has 0 bridgehead atoms. The summed E-state index contributed by atoms with van der Waals surface area (Å²) in [6.07, 6.45) is 2.02. The highest BCUT2D eigenvalue weighted by Gasteiger charge is 2.20. The average Bonchev–Trinajstić information content (AvgIpc) is 2.72. The van der Waals surface area contributed by atoms with E-state index >= 15 is 0 Å². The first-order chi connectivity index (χ1) is 8.91. The molecular formula is C12H19N3O3S. The number of hydrogen-bond acceptors (Lipinski definition) is 6. The molecule has 7 heteroatoms. The number of carboxylic acids is 1. The quantitative estimate of drug-likeness (QED) is 0.560. The summed E-state index contributed by atoms with van der Waals surface area (Å²) in [5.74, 6) is -1.43. The third-order valence-electron chi connectivity index (χ3n) is 2.46. The second-order valence-corrected chi connectivity index (χ2v) is 5.49. The lowest BCUT2D eigenvalue weighted by molar-refractivity contribution is 0.0687. The Morgan fingerprint density at radius 2 is 2.05 bits per heavy atom. The number of nitrogens with zero attached hydrogens (tertiary/aromatic N) is 2. The molecule has 1 aromatic rings. The number of nitrogens with one attached hydrogen (secondary N) is 1. The number of unbranched alkanes of at least 4 members (excludes halogenated alkanes) is 1. The summed E-state index contributed by atoms with van der Waals surface area (Å²) >= 11 is 1.10. The van der Waals surface area contributed by atoms with Gasteiger partial charge in [0.25, 0.3) is 0 Å². The molecule has 0 amide bonds. The van der Waals surface area contributed by atoms with Gasteiger partial charge in [-0.15, -0.1) is 0 Å². The van der Waals surface area contributed by atoms with E-state index in [0.29, 0.717) is 5.13 Å². The molecule has 2 N–H and O–H groups in total. The normalized spacial score (nSPS) is 10.7. The lowest BCUT2D eigenvalue weighted by Gasteiger charge is -2.08. The van der Waals surface area contributed by atoms with Crippen LogP contribution in [-0.4, -0.2) is 53.9 Å². The zero-order valence-electron chi connectivity index (χ0n) is 11.4. The molecule has 0 aliphatic rings. The molecule has 0 aliphatic heterocycles. The van der Waals surface area contributed by atoms with Crippen molar-refractivity contribution in [1.29, 1.82) is 0 Å². The second kappa shape index (κ2) is 7.20. The van der Waals surface area contributed by atoms with Crippen LogP contribution < -0.4 is 5.32 Å². The van der Waals surface area contributed by atoms with Crippen LogP contribution in [0.3, 0.4) is 0 Å². The molecule has 19 heavy (non-hydrogen) atoms. The van der Waals surface area contributed by atoms with E-state index in [-0.39, 0.29) is 16.4 Å². The highest BCUT2D eigenvalue weighted by atomic mass is 32.1. The van der Waals surface area contributed by atoms with Crippen LogP contribution in [0.5, 0.6) is 0 Å². The van der Waals surface area contributed by atoms with Gasteiger partial charge >= 0.3 is 5.97 Å². The van der Waals surface area contributed by atoms with Gasteiger partial charge in [0.2, 0.25) is 0 Å². The predicted octanol–water partition coefficient (Wildman–Crippen LogP) is 1.80. The molecule has 106 valence electrons. The molecule has 1 aromatic heterocycles. The molecule has 0 aromatic carbocycles. The largest absolute Gasteiger partial charge is 0.476 e. The number of Topliss-reactive ketones (excluding diaryl/α,β-unsaturated/α-hetero) is 1. The number of aromatic carboxylic acids is 1. The average molecular weight is 285 g/mol.